The molecule has 3 amide bonds. The summed E-state index contributed by atoms with van der Waals surface area (Å²) in [6, 6.07) is 6.27. The second kappa shape index (κ2) is 7.88. The van der Waals surface area contributed by atoms with Gasteiger partial charge in [-0.2, -0.15) is 0 Å². The Morgan fingerprint density at radius 3 is 2.30 bits per heavy atom. The minimum atomic E-state index is -1.39. The highest BCUT2D eigenvalue weighted by molar-refractivity contribution is 9.10. The number of hydrogen-bond acceptors (Lipinski definition) is 4. The fourth-order valence-electron chi connectivity index (χ4n) is 2.97. The number of hydrogen-bond donors (Lipinski definition) is 2. The highest BCUT2D eigenvalue weighted by Gasteiger charge is 2.41. The van der Waals surface area contributed by atoms with E-state index in [9.17, 15) is 14.4 Å². The van der Waals surface area contributed by atoms with Crippen LogP contribution in [0.4, 0.5) is 4.79 Å². The van der Waals surface area contributed by atoms with Crippen LogP contribution in [0.2, 0.25) is 0 Å². The van der Waals surface area contributed by atoms with Crippen molar-refractivity contribution < 1.29 is 19.1 Å². The zero-order chi connectivity index (χ0) is 20.4. The highest BCUT2D eigenvalue weighted by atomic mass is 79.9. The van der Waals surface area contributed by atoms with Crippen LogP contribution in [0.15, 0.2) is 28.7 Å². The van der Waals surface area contributed by atoms with Crippen LogP contribution in [0.5, 0.6) is 0 Å². The Morgan fingerprint density at radius 2 is 1.78 bits per heavy atom. The maximum Gasteiger partial charge on any atom is 0.410 e. The molecule has 7 nitrogen and oxygen atoms in total. The minimum absolute atomic E-state index is 0.428. The molecule has 1 aliphatic heterocycles. The van der Waals surface area contributed by atoms with Gasteiger partial charge in [-0.15, -0.1) is 0 Å². The van der Waals surface area contributed by atoms with Crippen LogP contribution in [-0.2, 0) is 19.9 Å². The van der Waals surface area contributed by atoms with Gasteiger partial charge >= 0.3 is 6.09 Å². The van der Waals surface area contributed by atoms with Crippen molar-refractivity contribution in [3.8, 4) is 0 Å². The molecule has 148 valence electrons. The summed E-state index contributed by atoms with van der Waals surface area (Å²) in [5.74, 6) is -1.11. The first-order chi connectivity index (χ1) is 12.4. The maximum atomic E-state index is 12.9. The standard InChI is InChI=1S/C19H26BrN3O4/c1-18(2,3)27-17(26)23-11-5-6-14(23)15(24)22-19(4,16(21)25)12-7-9-13(20)10-8-12/h7-10,14H,5-6,11H2,1-4H3,(H2,21,25)(H,22,24)/t14-,19?/m1/s1. The number of halogens is 1. The van der Waals surface area contributed by atoms with Gasteiger partial charge in [0.2, 0.25) is 11.8 Å². The average molecular weight is 440 g/mol. The Hall–Kier alpha value is -2.09. The monoisotopic (exact) mass is 439 g/mol. The Morgan fingerprint density at radius 1 is 1.19 bits per heavy atom. The molecule has 1 fully saturated rings. The molecule has 8 heteroatoms. The van der Waals surface area contributed by atoms with E-state index in [0.29, 0.717) is 24.9 Å². The van der Waals surface area contributed by atoms with Gasteiger partial charge in [0.15, 0.2) is 0 Å². The van der Waals surface area contributed by atoms with E-state index in [2.05, 4.69) is 21.2 Å². The number of amides is 3. The van der Waals surface area contributed by atoms with Gasteiger partial charge in [-0.3, -0.25) is 14.5 Å². The van der Waals surface area contributed by atoms with E-state index < -0.39 is 35.1 Å². The fraction of sp³-hybridized carbons (Fsp3) is 0.526. The molecule has 1 aliphatic rings. The fourth-order valence-corrected chi connectivity index (χ4v) is 3.23. The first kappa shape index (κ1) is 21.2. The predicted molar refractivity (Wildman–Crippen MR) is 105 cm³/mol. The third kappa shape index (κ3) is 5.00. The van der Waals surface area contributed by atoms with E-state index >= 15 is 0 Å². The Bertz CT molecular complexity index is 729. The lowest BCUT2D eigenvalue weighted by Crippen LogP contribution is -2.57. The number of carbonyl (C=O) groups is 3. The number of nitrogens with two attached hydrogens (primary N) is 1. The molecule has 27 heavy (non-hydrogen) atoms. The Kier molecular flexibility index (Phi) is 6.19. The van der Waals surface area contributed by atoms with Crippen molar-refractivity contribution in [2.75, 3.05) is 6.54 Å². The van der Waals surface area contributed by atoms with E-state index in [1.54, 1.807) is 52.0 Å². The van der Waals surface area contributed by atoms with Crippen LogP contribution >= 0.6 is 15.9 Å². The minimum Gasteiger partial charge on any atom is -0.444 e. The molecule has 1 saturated heterocycles. The summed E-state index contributed by atoms with van der Waals surface area (Å²) in [7, 11) is 0. The predicted octanol–water partition coefficient (Wildman–Crippen LogP) is 2.67. The van der Waals surface area contributed by atoms with Crippen molar-refractivity contribution >= 4 is 33.8 Å². The van der Waals surface area contributed by atoms with Crippen molar-refractivity contribution in [2.45, 2.75) is 57.7 Å². The van der Waals surface area contributed by atoms with E-state index in [0.717, 1.165) is 4.47 Å². The zero-order valence-electron chi connectivity index (χ0n) is 16.0. The number of nitrogens with zero attached hydrogens (tertiary/aromatic N) is 1. The molecular formula is C19H26BrN3O4. The molecule has 0 aromatic heterocycles. The topological polar surface area (TPSA) is 102 Å². The number of benzene rings is 1. The second-order valence-electron chi connectivity index (χ2n) is 7.82. The van der Waals surface area contributed by atoms with Crippen molar-refractivity contribution in [3.05, 3.63) is 34.3 Å². The van der Waals surface area contributed by atoms with Crippen molar-refractivity contribution in [1.29, 1.82) is 0 Å². The molecule has 0 saturated carbocycles. The number of ether oxygens (including phenoxy) is 1. The quantitative estimate of drug-likeness (QED) is 0.752. The molecule has 0 radical (unpaired) electrons. The van der Waals surface area contributed by atoms with Crippen molar-refractivity contribution in [1.82, 2.24) is 10.2 Å². The summed E-state index contributed by atoms with van der Waals surface area (Å²) >= 11 is 3.34. The SMILES string of the molecule is CC(C)(C)OC(=O)N1CCC[C@@H]1C(=O)NC(C)(C(N)=O)c1ccc(Br)cc1. The van der Waals surface area contributed by atoms with Crippen LogP contribution in [0, 0.1) is 0 Å². The largest absolute Gasteiger partial charge is 0.444 e. The maximum absolute atomic E-state index is 12.9. The molecule has 1 aromatic carbocycles. The van der Waals surface area contributed by atoms with Crippen LogP contribution in [0.1, 0.15) is 46.1 Å². The summed E-state index contributed by atoms with van der Waals surface area (Å²) < 4.78 is 6.23. The van der Waals surface area contributed by atoms with Crippen LogP contribution in [0.25, 0.3) is 0 Å². The normalized spacial score (nSPS) is 19.3. The zero-order valence-corrected chi connectivity index (χ0v) is 17.6. The van der Waals surface area contributed by atoms with Crippen molar-refractivity contribution in [2.24, 2.45) is 5.73 Å². The smallest absolute Gasteiger partial charge is 0.410 e. The summed E-state index contributed by atoms with van der Waals surface area (Å²) in [5, 5.41) is 2.74. The number of rotatable bonds is 4. The van der Waals surface area contributed by atoms with Gasteiger partial charge < -0.3 is 15.8 Å². The number of nitrogens with one attached hydrogen (secondary N) is 1. The third-order valence-electron chi connectivity index (χ3n) is 4.47. The second-order valence-corrected chi connectivity index (χ2v) is 8.73. The molecule has 2 rings (SSSR count). The van der Waals surface area contributed by atoms with Gasteiger partial charge in [-0.25, -0.2) is 4.79 Å². The lowest BCUT2D eigenvalue weighted by atomic mass is 9.90. The van der Waals surface area contributed by atoms with Crippen molar-refractivity contribution in [3.63, 3.8) is 0 Å². The van der Waals surface area contributed by atoms with Gasteiger partial charge in [-0.1, -0.05) is 28.1 Å². The summed E-state index contributed by atoms with van der Waals surface area (Å²) in [6.07, 6.45) is 0.646. The molecule has 0 bridgehead atoms. The molecule has 1 unspecified atom stereocenters. The van der Waals surface area contributed by atoms with E-state index in [1.165, 1.54) is 4.90 Å². The van der Waals surface area contributed by atoms with Gasteiger partial charge in [0.25, 0.3) is 0 Å². The number of likely N-dealkylation sites (tertiary alicyclic amines) is 1. The van der Waals surface area contributed by atoms with Crippen LogP contribution < -0.4 is 11.1 Å². The third-order valence-corrected chi connectivity index (χ3v) is 5.00. The van der Waals surface area contributed by atoms with E-state index in [1.807, 2.05) is 0 Å². The lowest BCUT2D eigenvalue weighted by Gasteiger charge is -2.32. The highest BCUT2D eigenvalue weighted by Crippen LogP contribution is 2.26. The first-order valence-corrected chi connectivity index (χ1v) is 9.61. The van der Waals surface area contributed by atoms with Gasteiger partial charge in [-0.05, 0) is 58.2 Å². The molecular weight excluding hydrogens is 414 g/mol. The number of carbonyl (C=O) groups excluding carboxylic acids is 3. The molecule has 1 heterocycles. The number of primary amides is 1. The molecule has 0 aliphatic carbocycles. The van der Waals surface area contributed by atoms with Crippen LogP contribution in [0.3, 0.4) is 0 Å². The first-order valence-electron chi connectivity index (χ1n) is 8.81. The Labute approximate surface area is 167 Å². The summed E-state index contributed by atoms with van der Waals surface area (Å²) in [5.41, 5.74) is 4.12. The van der Waals surface area contributed by atoms with E-state index in [-0.39, 0.29) is 0 Å². The summed E-state index contributed by atoms with van der Waals surface area (Å²) in [6.45, 7) is 7.30. The average Bonchev–Trinajstić information content (AvgIpc) is 3.03. The molecule has 3 N–H and O–H groups in total. The Balaban J connectivity index is 2.20. The van der Waals surface area contributed by atoms with Crippen LogP contribution in [-0.4, -0.2) is 41.0 Å². The molecule has 1 aromatic rings. The van der Waals surface area contributed by atoms with Gasteiger partial charge in [0.05, 0.1) is 0 Å². The van der Waals surface area contributed by atoms with Gasteiger partial charge in [0, 0.05) is 11.0 Å². The summed E-state index contributed by atoms with van der Waals surface area (Å²) in [4.78, 5) is 38.9. The lowest BCUT2D eigenvalue weighted by molar-refractivity contribution is -0.133. The van der Waals surface area contributed by atoms with E-state index in [4.69, 9.17) is 10.5 Å². The molecule has 2 atom stereocenters. The van der Waals surface area contributed by atoms with Gasteiger partial charge in [0.1, 0.15) is 17.2 Å². The molecule has 0 spiro atoms.